The van der Waals surface area contributed by atoms with Crippen LogP contribution in [0.1, 0.15) is 26.3 Å². The van der Waals surface area contributed by atoms with Gasteiger partial charge in [-0.3, -0.25) is 4.98 Å². The average molecular weight is 239 g/mol. The van der Waals surface area contributed by atoms with Crippen molar-refractivity contribution in [2.24, 2.45) is 0 Å². The third-order valence-electron chi connectivity index (χ3n) is 1.59. The van der Waals surface area contributed by atoms with E-state index in [9.17, 15) is 8.42 Å². The molecule has 0 unspecified atom stereocenters. The molecule has 0 aliphatic rings. The molecule has 0 radical (unpaired) electrons. The summed E-state index contributed by atoms with van der Waals surface area (Å²) in [5.74, 6) is 0. The second-order valence-corrected chi connectivity index (χ2v) is 6.06. The zero-order chi connectivity index (χ0) is 12.4. The summed E-state index contributed by atoms with van der Waals surface area (Å²) in [6.07, 6.45) is 2.53. The van der Waals surface area contributed by atoms with Crippen LogP contribution in [0.4, 0.5) is 0 Å². The van der Waals surface area contributed by atoms with E-state index >= 15 is 0 Å². The van der Waals surface area contributed by atoms with Crippen LogP contribution < -0.4 is 4.72 Å². The van der Waals surface area contributed by atoms with Crippen molar-refractivity contribution in [3.8, 4) is 6.07 Å². The van der Waals surface area contributed by atoms with Gasteiger partial charge in [0.2, 0.25) is 10.0 Å². The summed E-state index contributed by atoms with van der Waals surface area (Å²) in [6, 6.07) is 3.14. The van der Waals surface area contributed by atoms with Crippen molar-refractivity contribution >= 4 is 10.0 Å². The van der Waals surface area contributed by atoms with Gasteiger partial charge in [0.15, 0.2) is 0 Å². The molecule has 0 saturated carbocycles. The Balaban J connectivity index is 3.14. The lowest BCUT2D eigenvalue weighted by Crippen LogP contribution is -2.40. The molecule has 1 aromatic rings. The van der Waals surface area contributed by atoms with Gasteiger partial charge in [-0.2, -0.15) is 5.26 Å². The van der Waals surface area contributed by atoms with Gasteiger partial charge in [0.25, 0.3) is 0 Å². The van der Waals surface area contributed by atoms with Gasteiger partial charge < -0.3 is 0 Å². The van der Waals surface area contributed by atoms with Crippen LogP contribution >= 0.6 is 0 Å². The molecule has 1 N–H and O–H groups in total. The minimum Gasteiger partial charge on any atom is -0.262 e. The van der Waals surface area contributed by atoms with E-state index in [0.717, 1.165) is 0 Å². The summed E-state index contributed by atoms with van der Waals surface area (Å²) in [7, 11) is -3.61. The van der Waals surface area contributed by atoms with Gasteiger partial charge in [0.1, 0.15) is 11.0 Å². The van der Waals surface area contributed by atoms with Crippen LogP contribution in [-0.4, -0.2) is 18.9 Å². The fourth-order valence-electron chi connectivity index (χ4n) is 1.09. The van der Waals surface area contributed by atoms with Gasteiger partial charge in [0.05, 0.1) is 5.56 Å². The summed E-state index contributed by atoms with van der Waals surface area (Å²) in [5.41, 5.74) is -0.349. The first kappa shape index (κ1) is 12.6. The van der Waals surface area contributed by atoms with E-state index in [-0.39, 0.29) is 10.5 Å². The first-order valence-corrected chi connectivity index (χ1v) is 6.12. The van der Waals surface area contributed by atoms with Crippen molar-refractivity contribution in [2.75, 3.05) is 0 Å². The molecule has 0 aliphatic heterocycles. The van der Waals surface area contributed by atoms with E-state index in [0.29, 0.717) is 0 Å². The van der Waals surface area contributed by atoms with Crippen LogP contribution in [0.3, 0.4) is 0 Å². The van der Waals surface area contributed by atoms with Gasteiger partial charge in [-0.1, -0.05) is 0 Å². The predicted molar refractivity (Wildman–Crippen MR) is 59.0 cm³/mol. The lowest BCUT2D eigenvalue weighted by atomic mass is 10.1. The van der Waals surface area contributed by atoms with Crippen LogP contribution in [0.15, 0.2) is 23.4 Å². The molecular weight excluding hydrogens is 226 g/mol. The molecule has 1 heterocycles. The quantitative estimate of drug-likeness (QED) is 0.835. The Hall–Kier alpha value is -1.45. The second-order valence-electron chi connectivity index (χ2n) is 4.38. The summed E-state index contributed by atoms with van der Waals surface area (Å²) < 4.78 is 26.2. The van der Waals surface area contributed by atoms with Crippen molar-refractivity contribution in [3.05, 3.63) is 24.0 Å². The molecule has 1 aromatic heterocycles. The fraction of sp³-hybridized carbons (Fsp3) is 0.400. The third-order valence-corrected chi connectivity index (χ3v) is 3.32. The SMILES string of the molecule is CC(C)(C)NS(=O)(=O)c1cncc(C#N)c1. The largest absolute Gasteiger partial charge is 0.262 e. The van der Waals surface area contributed by atoms with Gasteiger partial charge in [-0.05, 0) is 26.8 Å². The maximum Gasteiger partial charge on any atom is 0.242 e. The number of nitriles is 1. The Morgan fingerprint density at radius 3 is 2.50 bits per heavy atom. The minimum absolute atomic E-state index is 0.00137. The van der Waals surface area contributed by atoms with Crippen LogP contribution in [0, 0.1) is 11.3 Å². The maximum atomic E-state index is 11.9. The van der Waals surface area contributed by atoms with E-state index in [1.165, 1.54) is 18.5 Å². The molecule has 86 valence electrons. The third kappa shape index (κ3) is 3.29. The van der Waals surface area contributed by atoms with Crippen LogP contribution in [0.25, 0.3) is 0 Å². The summed E-state index contributed by atoms with van der Waals surface area (Å²) in [4.78, 5) is 3.71. The van der Waals surface area contributed by atoms with Crippen molar-refractivity contribution in [2.45, 2.75) is 31.2 Å². The van der Waals surface area contributed by atoms with Crippen LogP contribution in [0.5, 0.6) is 0 Å². The minimum atomic E-state index is -3.61. The second kappa shape index (κ2) is 4.20. The summed E-state index contributed by atoms with van der Waals surface area (Å²) >= 11 is 0. The van der Waals surface area contributed by atoms with E-state index in [1.807, 2.05) is 6.07 Å². The molecule has 0 bridgehead atoms. The van der Waals surface area contributed by atoms with Gasteiger partial charge in [0, 0.05) is 17.9 Å². The van der Waals surface area contributed by atoms with E-state index in [1.54, 1.807) is 20.8 Å². The number of rotatable bonds is 2. The van der Waals surface area contributed by atoms with E-state index < -0.39 is 15.6 Å². The van der Waals surface area contributed by atoms with Crippen molar-refractivity contribution in [1.29, 1.82) is 5.26 Å². The molecule has 0 aromatic carbocycles. The summed E-state index contributed by atoms with van der Waals surface area (Å²) in [6.45, 7) is 5.23. The molecule has 0 saturated heterocycles. The first-order valence-electron chi connectivity index (χ1n) is 4.64. The molecule has 5 nitrogen and oxygen atoms in total. The number of hydrogen-bond acceptors (Lipinski definition) is 4. The van der Waals surface area contributed by atoms with E-state index in [2.05, 4.69) is 9.71 Å². The zero-order valence-electron chi connectivity index (χ0n) is 9.35. The topological polar surface area (TPSA) is 82.8 Å². The molecule has 0 fully saturated rings. The van der Waals surface area contributed by atoms with Crippen molar-refractivity contribution < 1.29 is 8.42 Å². The highest BCUT2D eigenvalue weighted by molar-refractivity contribution is 7.89. The molecular formula is C10H13N3O2S. The number of nitrogens with zero attached hydrogens (tertiary/aromatic N) is 2. The Labute approximate surface area is 95.2 Å². The Kier molecular flexibility index (Phi) is 3.31. The molecule has 0 spiro atoms. The number of nitrogens with one attached hydrogen (secondary N) is 1. The lowest BCUT2D eigenvalue weighted by Gasteiger charge is -2.20. The Bertz CT molecular complexity index is 524. The molecule has 0 amide bonds. The molecule has 6 heteroatoms. The van der Waals surface area contributed by atoms with Crippen LogP contribution in [0.2, 0.25) is 0 Å². The highest BCUT2D eigenvalue weighted by Gasteiger charge is 2.22. The standard InChI is InChI=1S/C10H13N3O2S/c1-10(2,3)13-16(14,15)9-4-8(5-11)6-12-7-9/h4,6-7,13H,1-3H3. The highest BCUT2D eigenvalue weighted by atomic mass is 32.2. The lowest BCUT2D eigenvalue weighted by molar-refractivity contribution is 0.491. The van der Waals surface area contributed by atoms with Gasteiger partial charge in [-0.25, -0.2) is 13.1 Å². The molecule has 16 heavy (non-hydrogen) atoms. The molecule has 0 atom stereocenters. The fourth-order valence-corrected chi connectivity index (χ4v) is 2.49. The van der Waals surface area contributed by atoms with Gasteiger partial charge in [-0.15, -0.1) is 0 Å². The Morgan fingerprint density at radius 1 is 1.38 bits per heavy atom. The first-order chi connectivity index (χ1) is 7.24. The normalized spacial score (nSPS) is 12.1. The van der Waals surface area contributed by atoms with Gasteiger partial charge >= 0.3 is 0 Å². The van der Waals surface area contributed by atoms with E-state index in [4.69, 9.17) is 5.26 Å². The van der Waals surface area contributed by atoms with Crippen LogP contribution in [-0.2, 0) is 10.0 Å². The highest BCUT2D eigenvalue weighted by Crippen LogP contribution is 2.12. The number of aromatic nitrogens is 1. The smallest absolute Gasteiger partial charge is 0.242 e. The molecule has 1 rings (SSSR count). The Morgan fingerprint density at radius 2 is 2.00 bits per heavy atom. The van der Waals surface area contributed by atoms with Crippen molar-refractivity contribution in [1.82, 2.24) is 9.71 Å². The number of hydrogen-bond donors (Lipinski definition) is 1. The number of sulfonamides is 1. The summed E-state index contributed by atoms with van der Waals surface area (Å²) in [5, 5.41) is 8.66. The number of pyridine rings is 1. The maximum absolute atomic E-state index is 11.9. The average Bonchev–Trinajstić information content (AvgIpc) is 2.14. The monoisotopic (exact) mass is 239 g/mol. The molecule has 0 aliphatic carbocycles. The zero-order valence-corrected chi connectivity index (χ0v) is 10.2. The van der Waals surface area contributed by atoms with Crippen molar-refractivity contribution in [3.63, 3.8) is 0 Å². The predicted octanol–water partition coefficient (Wildman–Crippen LogP) is 1.03.